The fourth-order valence-corrected chi connectivity index (χ4v) is 9.83. The highest BCUT2D eigenvalue weighted by atomic mass is 19.1. The van der Waals surface area contributed by atoms with Gasteiger partial charge in [0.05, 0.1) is 23.7 Å². The molecule has 8 heterocycles. The van der Waals surface area contributed by atoms with Gasteiger partial charge in [0, 0.05) is 112 Å². The van der Waals surface area contributed by atoms with Crippen LogP contribution >= 0.6 is 0 Å². The first-order valence-corrected chi connectivity index (χ1v) is 22.1. The molecule has 3 atom stereocenters. The molecule has 1 unspecified atom stereocenters. The smallest absolute Gasteiger partial charge is 0.255 e. The molecule has 16 nitrogen and oxygen atoms in total. The van der Waals surface area contributed by atoms with E-state index < -0.39 is 18.3 Å². The summed E-state index contributed by atoms with van der Waals surface area (Å²) in [6.45, 7) is 10.1. The van der Waals surface area contributed by atoms with Crippen molar-refractivity contribution in [3.63, 3.8) is 0 Å². The van der Waals surface area contributed by atoms with E-state index in [1.54, 1.807) is 23.4 Å². The van der Waals surface area contributed by atoms with Crippen molar-refractivity contribution in [2.24, 2.45) is 5.92 Å². The minimum atomic E-state index is -1.12. The molecule has 17 heteroatoms. The minimum Gasteiger partial charge on any atom is -0.378 e. The highest BCUT2D eigenvalue weighted by Crippen LogP contribution is 2.38. The van der Waals surface area contributed by atoms with Crippen LogP contribution < -0.4 is 25.8 Å². The van der Waals surface area contributed by atoms with E-state index in [0.717, 1.165) is 80.6 Å². The fraction of sp³-hybridized carbons (Fsp3) is 0.533. The van der Waals surface area contributed by atoms with Gasteiger partial charge in [0.25, 0.3) is 11.8 Å². The van der Waals surface area contributed by atoms with E-state index in [0.29, 0.717) is 60.6 Å². The summed E-state index contributed by atoms with van der Waals surface area (Å²) in [4.78, 5) is 73.3. The number of carbonyl (C=O) groups is 4. The van der Waals surface area contributed by atoms with Gasteiger partial charge in [-0.2, -0.15) is 4.98 Å². The first kappa shape index (κ1) is 41.7. The number of anilines is 4. The Morgan fingerprint density at radius 2 is 1.82 bits per heavy atom. The Morgan fingerprint density at radius 1 is 1.00 bits per heavy atom. The lowest BCUT2D eigenvalue weighted by atomic mass is 9.92. The first-order valence-electron chi connectivity index (χ1n) is 22.1. The van der Waals surface area contributed by atoms with Crippen LogP contribution in [-0.4, -0.2) is 130 Å². The van der Waals surface area contributed by atoms with Crippen molar-refractivity contribution in [3.8, 4) is 0 Å². The summed E-state index contributed by atoms with van der Waals surface area (Å²) in [5.41, 5.74) is 4.20. The quantitative estimate of drug-likeness (QED) is 0.160. The van der Waals surface area contributed by atoms with E-state index in [1.165, 1.54) is 7.11 Å². The highest BCUT2D eigenvalue weighted by Gasteiger charge is 2.41. The van der Waals surface area contributed by atoms with Gasteiger partial charge in [-0.3, -0.25) is 24.5 Å². The number of fused-ring (bicyclic) bond motifs is 2. The molecule has 0 radical (unpaired) electrons. The van der Waals surface area contributed by atoms with Gasteiger partial charge >= 0.3 is 0 Å². The number of ether oxygens (including phenoxy) is 1. The molecule has 1 aromatic carbocycles. The van der Waals surface area contributed by atoms with E-state index in [9.17, 15) is 23.6 Å². The number of methoxy groups -OCH3 is 1. The number of rotatable bonds is 13. The predicted molar refractivity (Wildman–Crippen MR) is 232 cm³/mol. The second-order valence-electron chi connectivity index (χ2n) is 17.7. The van der Waals surface area contributed by atoms with Crippen LogP contribution in [0.15, 0.2) is 48.9 Å². The molecule has 4 aromatic rings. The highest BCUT2D eigenvalue weighted by molar-refractivity contribution is 6.08. The molecule has 0 saturated carbocycles. The van der Waals surface area contributed by atoms with Gasteiger partial charge in [0.1, 0.15) is 23.8 Å². The molecule has 3 N–H and O–H groups in total. The summed E-state index contributed by atoms with van der Waals surface area (Å²) in [6, 6.07) is 9.11. The monoisotopic (exact) mass is 849 g/mol. The zero-order valence-corrected chi connectivity index (χ0v) is 35.7. The Balaban J connectivity index is 0.736. The number of halogens is 1. The topological polar surface area (TPSA) is 170 Å². The molecular weight excluding hydrogens is 794 g/mol. The Labute approximate surface area is 360 Å². The van der Waals surface area contributed by atoms with Crippen molar-refractivity contribution in [2.45, 2.75) is 95.7 Å². The molecule has 4 fully saturated rings. The number of benzene rings is 1. The maximum atomic E-state index is 14.6. The lowest BCUT2D eigenvalue weighted by molar-refractivity contribution is -0.136. The molecule has 5 aliphatic rings. The average Bonchev–Trinajstić information content (AvgIpc) is 3.80. The number of aromatic nitrogens is 4. The number of nitrogens with one attached hydrogen (secondary N) is 3. The first-order chi connectivity index (χ1) is 30.0. The zero-order valence-electron chi connectivity index (χ0n) is 35.7. The van der Waals surface area contributed by atoms with Crippen molar-refractivity contribution in [1.29, 1.82) is 0 Å². The van der Waals surface area contributed by atoms with E-state index in [1.807, 2.05) is 29.3 Å². The molecular formula is C45H56FN11O5. The molecule has 0 bridgehead atoms. The number of piperidine rings is 3. The molecule has 4 amide bonds. The largest absolute Gasteiger partial charge is 0.378 e. The van der Waals surface area contributed by atoms with E-state index in [4.69, 9.17) is 4.74 Å². The van der Waals surface area contributed by atoms with Crippen LogP contribution in [0.3, 0.4) is 0 Å². The Bertz CT molecular complexity index is 2340. The van der Waals surface area contributed by atoms with Crippen molar-refractivity contribution in [3.05, 3.63) is 65.6 Å². The molecule has 328 valence electrons. The minimum absolute atomic E-state index is 0.0918. The van der Waals surface area contributed by atoms with Gasteiger partial charge < -0.3 is 39.5 Å². The Morgan fingerprint density at radius 3 is 2.58 bits per heavy atom. The number of alkyl halides is 1. The van der Waals surface area contributed by atoms with Gasteiger partial charge in [-0.05, 0) is 83.0 Å². The number of likely N-dealkylation sites (tertiary alicyclic amines) is 1. The number of pyridine rings is 1. The summed E-state index contributed by atoms with van der Waals surface area (Å²) in [6.07, 6.45) is 8.96. The third-order valence-corrected chi connectivity index (χ3v) is 13.4. The number of nitrogens with zero attached hydrogens (tertiary/aromatic N) is 8. The van der Waals surface area contributed by atoms with Gasteiger partial charge in [0.15, 0.2) is 0 Å². The van der Waals surface area contributed by atoms with Crippen molar-refractivity contribution < 1.29 is 28.3 Å². The second kappa shape index (κ2) is 17.6. The summed E-state index contributed by atoms with van der Waals surface area (Å²) < 4.78 is 22.0. The molecule has 3 aromatic heterocycles. The third-order valence-electron chi connectivity index (χ3n) is 13.4. The molecule has 0 spiro atoms. The Hall–Kier alpha value is -5.68. The van der Waals surface area contributed by atoms with Gasteiger partial charge in [0.2, 0.25) is 17.8 Å². The maximum absolute atomic E-state index is 14.6. The SMILES string of the molecule is CO[C@H]1CCN(c2nccc(Nc3cc4c(cn3)c(C(=O)NC3CCN(CCCC5CN(c6cccc7c6CN(C6CCC(=O)NC6=O)C7=O)C5)CC3)cn4C(C)C)n2)C[C@H]1F. The lowest BCUT2D eigenvalue weighted by Gasteiger charge is -2.42. The van der Waals surface area contributed by atoms with E-state index in [2.05, 4.69) is 65.2 Å². The third kappa shape index (κ3) is 8.43. The van der Waals surface area contributed by atoms with Gasteiger partial charge in [-0.25, -0.2) is 14.4 Å². The average molecular weight is 850 g/mol. The summed E-state index contributed by atoms with van der Waals surface area (Å²) in [5, 5.41) is 9.77. The van der Waals surface area contributed by atoms with Crippen LogP contribution in [0.4, 0.5) is 27.7 Å². The van der Waals surface area contributed by atoms with Crippen LogP contribution in [0, 0.1) is 5.92 Å². The summed E-state index contributed by atoms with van der Waals surface area (Å²) >= 11 is 0. The zero-order chi connectivity index (χ0) is 43.1. The number of amides is 4. The van der Waals surface area contributed by atoms with E-state index in [-0.39, 0.29) is 48.7 Å². The molecule has 9 rings (SSSR count). The summed E-state index contributed by atoms with van der Waals surface area (Å²) in [5.74, 6) is 1.25. The van der Waals surface area contributed by atoms with Crippen LogP contribution in [0.2, 0.25) is 0 Å². The Kier molecular flexibility index (Phi) is 11.8. The lowest BCUT2D eigenvalue weighted by Crippen LogP contribution is -2.52. The molecule has 4 saturated heterocycles. The molecule has 62 heavy (non-hydrogen) atoms. The number of carbonyl (C=O) groups excluding carboxylic acids is 4. The number of imide groups is 1. The molecule has 5 aliphatic heterocycles. The standard InChI is InChI=1S/C45H56FN11O5/c1-27(2)56-25-33(31-21-48-40(20-37(31)56)50-39-11-15-47-45(51-39)54-19-14-38(62-3)34(46)26-54)42(59)49-29-12-17-53(18-13-29)16-5-6-28-22-55(23-28)35-8-4-7-30-32(35)24-57(44(30)61)36-9-10-41(58)52-43(36)60/h4,7-8,11,15,20-21,25,27-29,34,36,38H,5-6,9-10,12-14,16-19,22-24,26H2,1-3H3,(H,49,59)(H,52,58,60)(H,47,48,50,51)/t34-,36?,38+/m1/s1. The van der Waals surface area contributed by atoms with Crippen LogP contribution in [0.1, 0.15) is 91.1 Å². The number of hydrogen-bond acceptors (Lipinski definition) is 12. The van der Waals surface area contributed by atoms with E-state index >= 15 is 0 Å². The van der Waals surface area contributed by atoms with Crippen LogP contribution in [-0.2, 0) is 20.9 Å². The predicted octanol–water partition coefficient (Wildman–Crippen LogP) is 4.59. The normalized spacial score (nSPS) is 22.6. The van der Waals surface area contributed by atoms with Crippen molar-refractivity contribution >= 4 is 57.8 Å². The van der Waals surface area contributed by atoms with Gasteiger partial charge in [-0.1, -0.05) is 6.07 Å². The van der Waals surface area contributed by atoms with Crippen LogP contribution in [0.5, 0.6) is 0 Å². The van der Waals surface area contributed by atoms with Gasteiger partial charge in [-0.15, -0.1) is 0 Å². The second-order valence-corrected chi connectivity index (χ2v) is 17.7. The van der Waals surface area contributed by atoms with Crippen LogP contribution in [0.25, 0.3) is 10.9 Å². The van der Waals surface area contributed by atoms with Crippen molar-refractivity contribution in [2.75, 3.05) is 68.0 Å². The molecule has 0 aliphatic carbocycles. The fourth-order valence-electron chi connectivity index (χ4n) is 9.83. The van der Waals surface area contributed by atoms with Crippen molar-refractivity contribution in [1.82, 2.24) is 40.0 Å². The maximum Gasteiger partial charge on any atom is 0.255 e. The number of hydrogen-bond donors (Lipinski definition) is 3. The summed E-state index contributed by atoms with van der Waals surface area (Å²) in [7, 11) is 1.54.